The molecule has 2 aliphatic rings. The van der Waals surface area contributed by atoms with Gasteiger partial charge in [-0.2, -0.15) is 4.98 Å². The summed E-state index contributed by atoms with van der Waals surface area (Å²) in [5.41, 5.74) is 2.67. The van der Waals surface area contributed by atoms with E-state index < -0.39 is 68.1 Å². The normalized spacial score (nSPS) is 20.6. The molecule has 17 heteroatoms. The molecule has 1 aromatic carbocycles. The first-order valence-electron chi connectivity index (χ1n) is 21.6. The topological polar surface area (TPSA) is 156 Å². The average molecular weight is 884 g/mol. The van der Waals surface area contributed by atoms with Crippen molar-refractivity contribution in [2.24, 2.45) is 5.92 Å². The number of amides is 1. The number of imidazole rings is 1. The minimum atomic E-state index is -2.73. The second kappa shape index (κ2) is 18.8. The maximum Gasteiger partial charge on any atom is 0.280 e. The van der Waals surface area contributed by atoms with Crippen molar-refractivity contribution >= 4 is 61.1 Å². The van der Waals surface area contributed by atoms with Gasteiger partial charge < -0.3 is 4.74 Å². The van der Waals surface area contributed by atoms with Gasteiger partial charge in [-0.15, -0.1) is 0 Å². The van der Waals surface area contributed by atoms with Crippen molar-refractivity contribution in [1.82, 2.24) is 19.5 Å². The van der Waals surface area contributed by atoms with Gasteiger partial charge in [0.05, 0.1) is 34.4 Å². The quantitative estimate of drug-likeness (QED) is 0.0761. The van der Waals surface area contributed by atoms with Crippen LogP contribution in [-0.2, 0) is 23.7 Å². The third-order valence-electron chi connectivity index (χ3n) is 12.6. The second-order valence-corrected chi connectivity index (χ2v) is 41.7. The molecule has 1 amide bonds. The highest BCUT2D eigenvalue weighted by atomic mass is 29.2. The lowest BCUT2D eigenvalue weighted by Gasteiger charge is -2.46. The Morgan fingerprint density at radius 2 is 1.25 bits per heavy atom. The molecule has 13 nitrogen and oxygen atoms in total. The summed E-state index contributed by atoms with van der Waals surface area (Å²) in [6.07, 6.45) is -1.47. The standard InChI is InChI=1S/C42H69N5O8Si4/c1-23(2)56(24(3)4)58(27(9)10,28(11)12)54-51-21-33-37(53-55-59(29(13)14,30(15)16)57(25(5)6)26(7)8)34-36(48)31-19-17-18-20-32(31)39(49)45-42-44-38-35(40(50)46-42)43-22-47(38)41(34)52-33/h17-20,22-30,33-34,37,41H,21H2,1-16H3,(H2,44,45,46,49,50)/t33-,34-,37-,41-/m1/s1. The van der Waals surface area contributed by atoms with Crippen LogP contribution < -0.4 is 10.9 Å². The Labute approximate surface area is 356 Å². The third-order valence-corrected chi connectivity index (χ3v) is 46.7. The minimum absolute atomic E-state index is 0.0418. The number of ether oxygens (including phenoxy) is 1. The zero-order chi connectivity index (χ0) is 43.9. The first-order valence-corrected chi connectivity index (χ1v) is 31.0. The molecule has 3 aromatic rings. The molecule has 0 saturated carbocycles. The van der Waals surface area contributed by atoms with Crippen molar-refractivity contribution in [3.8, 4) is 0 Å². The predicted octanol–water partition coefficient (Wildman–Crippen LogP) is 9.66. The zero-order valence-electron chi connectivity index (χ0n) is 38.1. The molecule has 0 unspecified atom stereocenters. The number of H-pyrrole nitrogens is 1. The molecule has 5 rings (SSSR count). The van der Waals surface area contributed by atoms with Crippen LogP contribution in [0.25, 0.3) is 11.2 Å². The Kier molecular flexibility index (Phi) is 15.1. The van der Waals surface area contributed by atoms with Gasteiger partial charge >= 0.3 is 0 Å². The summed E-state index contributed by atoms with van der Waals surface area (Å²) in [4.78, 5) is 67.6. The fourth-order valence-corrected chi connectivity index (χ4v) is 43.4. The Morgan fingerprint density at radius 3 is 1.76 bits per heavy atom. The van der Waals surface area contributed by atoms with Gasteiger partial charge in [0.25, 0.3) is 11.5 Å². The Morgan fingerprint density at radius 1 is 0.746 bits per heavy atom. The molecule has 59 heavy (non-hydrogen) atoms. The maximum absolute atomic E-state index is 15.3. The van der Waals surface area contributed by atoms with E-state index >= 15 is 4.79 Å². The molecule has 4 atom stereocenters. The Hall–Kier alpha value is -2.62. The third kappa shape index (κ3) is 8.74. The van der Waals surface area contributed by atoms with E-state index in [9.17, 15) is 9.59 Å². The molecule has 0 aliphatic carbocycles. The summed E-state index contributed by atoms with van der Waals surface area (Å²) in [5, 5.41) is 2.69. The van der Waals surface area contributed by atoms with Gasteiger partial charge in [0.2, 0.25) is 21.6 Å². The Bertz CT molecular complexity index is 1970. The van der Waals surface area contributed by atoms with E-state index in [0.29, 0.717) is 22.2 Å². The van der Waals surface area contributed by atoms with Gasteiger partial charge in [0.1, 0.15) is 25.0 Å². The Balaban J connectivity index is 1.70. The number of fused-ring (bicyclic) bond motifs is 4. The van der Waals surface area contributed by atoms with Crippen molar-refractivity contribution in [3.05, 3.63) is 52.1 Å². The lowest BCUT2D eigenvalue weighted by molar-refractivity contribution is -0.291. The first kappa shape index (κ1) is 47.4. The molecule has 2 N–H and O–H groups in total. The summed E-state index contributed by atoms with van der Waals surface area (Å²) in [7, 11) is -7.47. The number of rotatable bonds is 17. The van der Waals surface area contributed by atoms with Gasteiger partial charge in [-0.3, -0.25) is 38.4 Å². The van der Waals surface area contributed by atoms with E-state index in [-0.39, 0.29) is 62.8 Å². The van der Waals surface area contributed by atoms with Crippen molar-refractivity contribution in [2.75, 3.05) is 11.9 Å². The van der Waals surface area contributed by atoms with Crippen LogP contribution in [0.15, 0.2) is 35.4 Å². The van der Waals surface area contributed by atoms with E-state index in [1.165, 1.54) is 6.33 Å². The van der Waals surface area contributed by atoms with Crippen molar-refractivity contribution in [1.29, 1.82) is 0 Å². The fourth-order valence-electron chi connectivity index (χ4n) is 10.5. The van der Waals surface area contributed by atoms with Gasteiger partial charge in [0, 0.05) is 5.56 Å². The number of Topliss-reactive ketones (excluding diaryl/α,β-unsaturated/α-hetero) is 1. The van der Waals surface area contributed by atoms with Crippen LogP contribution in [0, 0.1) is 5.92 Å². The number of ketones is 1. The van der Waals surface area contributed by atoms with Crippen LogP contribution in [0.4, 0.5) is 5.95 Å². The van der Waals surface area contributed by atoms with Gasteiger partial charge in [-0.05, 0) is 28.2 Å². The summed E-state index contributed by atoms with van der Waals surface area (Å²) in [6.45, 7) is 36.4. The molecule has 2 aliphatic heterocycles. The SMILES string of the molecule is CC(C)[Si](C(C)C)[Si](OOC[C@H]1O[C@@H]2[C@H](C(=O)c3ccccc3C(=O)Nc3nc4c(ncn42)c(=O)[nH]3)[C@@H]1OO[Si](C(C)C)(C(C)C)[Si](C(C)C)C(C)C)(C(C)C)C(C)C. The maximum atomic E-state index is 15.3. The molecule has 1 saturated heterocycles. The largest absolute Gasteiger partial charge is 0.348 e. The molecular formula is C42H69N5O8Si4. The number of carbonyl (C=O) groups excluding carboxylic acids is 2. The number of aromatic amines is 1. The van der Waals surface area contributed by atoms with E-state index in [1.807, 2.05) is 0 Å². The zero-order valence-corrected chi connectivity index (χ0v) is 42.1. The highest BCUT2D eigenvalue weighted by molar-refractivity contribution is 7.32. The smallest absolute Gasteiger partial charge is 0.280 e. The lowest BCUT2D eigenvalue weighted by atomic mass is 9.88. The number of benzene rings is 1. The highest BCUT2D eigenvalue weighted by Gasteiger charge is 2.58. The summed E-state index contributed by atoms with van der Waals surface area (Å²) in [5.74, 6) is -2.11. The average Bonchev–Trinajstić information content (AvgIpc) is 3.72. The number of anilines is 1. The van der Waals surface area contributed by atoms with E-state index in [0.717, 1.165) is 0 Å². The van der Waals surface area contributed by atoms with Gasteiger partial charge in [-0.1, -0.05) is 151 Å². The van der Waals surface area contributed by atoms with E-state index in [2.05, 4.69) is 131 Å². The molecule has 2 radical (unpaired) electrons. The highest BCUT2D eigenvalue weighted by Crippen LogP contribution is 2.47. The van der Waals surface area contributed by atoms with Crippen molar-refractivity contribution in [2.45, 2.75) is 174 Å². The fraction of sp³-hybridized carbons (Fsp3) is 0.690. The van der Waals surface area contributed by atoms with Crippen LogP contribution in [-0.4, -0.2) is 82.3 Å². The lowest BCUT2D eigenvalue weighted by Crippen LogP contribution is -2.62. The molecule has 0 spiro atoms. The van der Waals surface area contributed by atoms with Gasteiger partial charge in [0.15, 0.2) is 16.9 Å². The number of aromatic nitrogens is 4. The monoisotopic (exact) mass is 883 g/mol. The second-order valence-electron chi connectivity index (χ2n) is 18.9. The summed E-state index contributed by atoms with van der Waals surface area (Å²) < 4.78 is 22.6. The van der Waals surface area contributed by atoms with E-state index in [4.69, 9.17) is 23.7 Å². The number of carbonyl (C=O) groups is 2. The van der Waals surface area contributed by atoms with Crippen LogP contribution in [0.1, 0.15) is 138 Å². The predicted molar refractivity (Wildman–Crippen MR) is 241 cm³/mol. The molecule has 2 bridgehead atoms. The number of nitrogens with one attached hydrogen (secondary N) is 2. The first-order chi connectivity index (χ1) is 27.6. The van der Waals surface area contributed by atoms with Crippen molar-refractivity contribution in [3.63, 3.8) is 0 Å². The molecule has 1 fully saturated rings. The number of hydrogen-bond donors (Lipinski definition) is 2. The molecule has 326 valence electrons. The van der Waals surface area contributed by atoms with Crippen LogP contribution in [0.3, 0.4) is 0 Å². The van der Waals surface area contributed by atoms with Crippen molar-refractivity contribution < 1.29 is 33.3 Å². The van der Waals surface area contributed by atoms with Crippen LogP contribution in [0.5, 0.6) is 0 Å². The van der Waals surface area contributed by atoms with Crippen LogP contribution >= 0.6 is 0 Å². The number of nitrogens with zero attached hydrogens (tertiary/aromatic N) is 3. The molecule has 4 heterocycles. The summed E-state index contributed by atoms with van der Waals surface area (Å²) >= 11 is 0. The minimum Gasteiger partial charge on any atom is -0.348 e. The van der Waals surface area contributed by atoms with E-state index in [1.54, 1.807) is 28.8 Å². The summed E-state index contributed by atoms with van der Waals surface area (Å²) in [6, 6.07) is 6.65. The number of hydrogen-bond acceptors (Lipinski definition) is 10. The molecular weight excluding hydrogens is 815 g/mol. The van der Waals surface area contributed by atoms with Gasteiger partial charge in [-0.25, -0.2) is 14.8 Å². The molecule has 2 aromatic heterocycles. The van der Waals surface area contributed by atoms with Crippen LogP contribution in [0.2, 0.25) is 44.3 Å².